The predicted octanol–water partition coefficient (Wildman–Crippen LogP) is 7.04. The van der Waals surface area contributed by atoms with Crippen LogP contribution in [0.1, 0.15) is 41.2 Å². The number of carbonyl (C=O) groups is 1. The van der Waals surface area contributed by atoms with Crippen LogP contribution in [-0.2, 0) is 20.9 Å². The van der Waals surface area contributed by atoms with Crippen LogP contribution < -0.4 is 14.4 Å². The van der Waals surface area contributed by atoms with E-state index >= 15 is 0 Å². The maximum Gasteiger partial charge on any atom is 0.433 e. The molecule has 220 valence electrons. The molecule has 1 aliphatic heterocycles. The normalized spacial score (nSPS) is 13.4. The summed E-state index contributed by atoms with van der Waals surface area (Å²) in [5.74, 6) is 0.0227. The van der Waals surface area contributed by atoms with Crippen molar-refractivity contribution in [1.82, 2.24) is 4.98 Å². The van der Waals surface area contributed by atoms with E-state index in [4.69, 9.17) is 4.74 Å². The number of anilines is 2. The van der Waals surface area contributed by atoms with Gasteiger partial charge in [-0.15, -0.1) is 13.2 Å². The summed E-state index contributed by atoms with van der Waals surface area (Å²) in [6.07, 6.45) is -9.24. The summed E-state index contributed by atoms with van der Waals surface area (Å²) in [5.41, 5.74) is -4.50. The van der Waals surface area contributed by atoms with E-state index in [1.165, 1.54) is 18.6 Å². The first-order chi connectivity index (χ1) is 17.9. The van der Waals surface area contributed by atoms with Crippen LogP contribution in [0.5, 0.6) is 5.75 Å². The highest BCUT2D eigenvalue weighted by Crippen LogP contribution is 2.39. The lowest BCUT2D eigenvalue weighted by atomic mass is 10.1. The molecule has 0 fully saturated rings. The lowest BCUT2D eigenvalue weighted by Gasteiger charge is -2.31. The quantitative estimate of drug-likeness (QED) is 0.304. The smallest absolute Gasteiger partial charge is 0.433 e. The zero-order valence-corrected chi connectivity index (χ0v) is 22.4. The van der Waals surface area contributed by atoms with Crippen molar-refractivity contribution in [3.05, 3.63) is 55.4 Å². The number of nitrogens with zero attached hydrogens (tertiary/aromatic N) is 2. The van der Waals surface area contributed by atoms with Crippen molar-refractivity contribution in [2.24, 2.45) is 0 Å². The maximum atomic E-state index is 13.1. The Morgan fingerprint density at radius 1 is 1.13 bits per heavy atom. The highest BCUT2D eigenvalue weighted by atomic mass is 32.2. The zero-order valence-electron chi connectivity index (χ0n) is 21.6. The van der Waals surface area contributed by atoms with Gasteiger partial charge in [-0.1, -0.05) is 20.3 Å². The SMILES string of the molecule is C=C.CC(C)(OC(=O)Nc1ccc2c(c1)N(S(=O)(=O)c1ccnc(C(F)(F)F)c1)CCO2)C(F)(F)F.CCC.[HH]. The fourth-order valence-electron chi connectivity index (χ4n) is 2.81. The van der Waals surface area contributed by atoms with Gasteiger partial charge in [-0.25, -0.2) is 13.2 Å². The standard InChI is InChI=1S/C19H17F6N3O5S.C3H8.C2H4.H2/c1-17(2,19(23,24)25)33-16(29)27-11-3-4-14-13(9-11)28(7-8-32-14)34(30,31)12-5-6-26-15(10-12)18(20,21)22;1-3-2;1-2;/h3-6,9-10H,7-8H2,1-2H3,(H,27,29);3H2,1-2H3;1-2H2;1H. The number of alkyl halides is 6. The number of nitrogens with one attached hydrogen (secondary N) is 1. The number of ether oxygens (including phenoxy) is 2. The van der Waals surface area contributed by atoms with Crippen molar-refractivity contribution in [2.45, 2.75) is 57.0 Å². The van der Waals surface area contributed by atoms with E-state index < -0.39 is 44.7 Å². The lowest BCUT2D eigenvalue weighted by molar-refractivity contribution is -0.242. The molecule has 2 aromatic rings. The van der Waals surface area contributed by atoms with E-state index in [1.807, 2.05) is 0 Å². The van der Waals surface area contributed by atoms with Crippen molar-refractivity contribution in [3.8, 4) is 5.75 Å². The van der Waals surface area contributed by atoms with Gasteiger partial charge in [-0.05, 0) is 44.2 Å². The molecule has 1 aromatic heterocycles. The number of amides is 1. The molecular formula is C24H31F6N3O5S. The highest BCUT2D eigenvalue weighted by molar-refractivity contribution is 7.92. The number of pyridine rings is 1. The number of benzene rings is 1. The molecule has 0 saturated heterocycles. The van der Waals surface area contributed by atoms with Crippen LogP contribution in [-0.4, -0.2) is 44.4 Å². The molecule has 0 unspecified atom stereocenters. The molecule has 0 saturated carbocycles. The molecule has 39 heavy (non-hydrogen) atoms. The molecule has 0 radical (unpaired) electrons. The second-order valence-electron chi connectivity index (χ2n) is 8.21. The summed E-state index contributed by atoms with van der Waals surface area (Å²) >= 11 is 0. The van der Waals surface area contributed by atoms with Gasteiger partial charge in [0.1, 0.15) is 18.1 Å². The Morgan fingerprint density at radius 2 is 1.72 bits per heavy atom. The second kappa shape index (κ2) is 13.0. The minimum atomic E-state index is -4.88. The van der Waals surface area contributed by atoms with Crippen molar-refractivity contribution < 1.29 is 50.5 Å². The fourth-order valence-corrected chi connectivity index (χ4v) is 4.27. The van der Waals surface area contributed by atoms with Gasteiger partial charge in [-0.2, -0.15) is 26.3 Å². The van der Waals surface area contributed by atoms with Crippen LogP contribution in [0, 0.1) is 0 Å². The fraction of sp³-hybridized carbons (Fsp3) is 0.417. The van der Waals surface area contributed by atoms with Crippen molar-refractivity contribution >= 4 is 27.5 Å². The molecule has 0 aliphatic carbocycles. The molecule has 0 spiro atoms. The number of halogens is 6. The molecular weight excluding hydrogens is 556 g/mol. The highest BCUT2D eigenvalue weighted by Gasteiger charge is 2.51. The summed E-state index contributed by atoms with van der Waals surface area (Å²) < 4.78 is 114. The molecule has 0 bridgehead atoms. The summed E-state index contributed by atoms with van der Waals surface area (Å²) in [6.45, 7) is 11.1. The van der Waals surface area contributed by atoms with Gasteiger partial charge in [0.25, 0.3) is 10.0 Å². The Labute approximate surface area is 224 Å². The van der Waals surface area contributed by atoms with E-state index in [2.05, 4.69) is 42.0 Å². The van der Waals surface area contributed by atoms with E-state index in [0.29, 0.717) is 26.1 Å². The van der Waals surface area contributed by atoms with Gasteiger partial charge < -0.3 is 9.47 Å². The Morgan fingerprint density at radius 3 is 2.26 bits per heavy atom. The molecule has 2 heterocycles. The third kappa shape index (κ3) is 8.50. The number of hydrogen-bond donors (Lipinski definition) is 1. The molecule has 15 heteroatoms. The molecule has 8 nitrogen and oxygen atoms in total. The average Bonchev–Trinajstić information content (AvgIpc) is 2.84. The maximum absolute atomic E-state index is 13.1. The largest absolute Gasteiger partial charge is 0.489 e. The van der Waals surface area contributed by atoms with E-state index in [-0.39, 0.29) is 31.7 Å². The van der Waals surface area contributed by atoms with Gasteiger partial charge in [0.2, 0.25) is 5.60 Å². The predicted molar refractivity (Wildman–Crippen MR) is 135 cm³/mol. The Balaban J connectivity index is 0.00000237. The van der Waals surface area contributed by atoms with Crippen LogP contribution in [0.15, 0.2) is 54.6 Å². The first-order valence-electron chi connectivity index (χ1n) is 11.3. The number of fused-ring (bicyclic) bond motifs is 1. The van der Waals surface area contributed by atoms with Crippen LogP contribution in [0.3, 0.4) is 0 Å². The van der Waals surface area contributed by atoms with Gasteiger partial charge in [0, 0.05) is 13.3 Å². The number of aromatic nitrogens is 1. The molecule has 3 rings (SSSR count). The molecule has 1 N–H and O–H groups in total. The van der Waals surface area contributed by atoms with E-state index in [9.17, 15) is 39.6 Å². The van der Waals surface area contributed by atoms with E-state index in [0.717, 1.165) is 16.4 Å². The first-order valence-corrected chi connectivity index (χ1v) is 12.8. The van der Waals surface area contributed by atoms with Gasteiger partial charge in [-0.3, -0.25) is 14.6 Å². The van der Waals surface area contributed by atoms with Gasteiger partial charge >= 0.3 is 18.4 Å². The zero-order chi connectivity index (χ0) is 30.2. The Kier molecular flexibility index (Phi) is 11.2. The first kappa shape index (κ1) is 33.5. The van der Waals surface area contributed by atoms with Crippen molar-refractivity contribution in [1.29, 1.82) is 0 Å². The monoisotopic (exact) mass is 587 g/mol. The Hall–Kier alpha value is -3.49. The van der Waals surface area contributed by atoms with Crippen molar-refractivity contribution in [2.75, 3.05) is 22.8 Å². The lowest BCUT2D eigenvalue weighted by Crippen LogP contribution is -2.44. The van der Waals surface area contributed by atoms with Crippen LogP contribution in [0.4, 0.5) is 42.5 Å². The second-order valence-corrected chi connectivity index (χ2v) is 10.1. The molecule has 0 atom stereocenters. The third-order valence-corrected chi connectivity index (χ3v) is 6.48. The number of hydrogen-bond acceptors (Lipinski definition) is 6. The average molecular weight is 588 g/mol. The van der Waals surface area contributed by atoms with Crippen molar-refractivity contribution in [3.63, 3.8) is 0 Å². The topological polar surface area (TPSA) is 97.8 Å². The van der Waals surface area contributed by atoms with Crippen LogP contribution in [0.2, 0.25) is 0 Å². The molecule has 1 aliphatic rings. The molecule has 1 amide bonds. The number of carbonyl (C=O) groups excluding carboxylic acids is 1. The number of sulfonamides is 1. The minimum Gasteiger partial charge on any atom is -0.489 e. The summed E-state index contributed by atoms with van der Waals surface area (Å²) in [7, 11) is -4.53. The van der Waals surface area contributed by atoms with E-state index in [1.54, 1.807) is 0 Å². The summed E-state index contributed by atoms with van der Waals surface area (Å²) in [4.78, 5) is 14.4. The van der Waals surface area contributed by atoms with Crippen LogP contribution in [0.25, 0.3) is 0 Å². The minimum absolute atomic E-state index is 0. The third-order valence-electron chi connectivity index (χ3n) is 4.67. The summed E-state index contributed by atoms with van der Waals surface area (Å²) in [6, 6.07) is 4.82. The van der Waals surface area contributed by atoms with Gasteiger partial charge in [0.05, 0.1) is 17.1 Å². The van der Waals surface area contributed by atoms with Crippen LogP contribution >= 0.6 is 0 Å². The Bertz CT molecular complexity index is 1240. The summed E-state index contributed by atoms with van der Waals surface area (Å²) in [5, 5.41) is 2.06. The van der Waals surface area contributed by atoms with Gasteiger partial charge in [0.15, 0.2) is 0 Å². The number of rotatable bonds is 4. The molecule has 1 aromatic carbocycles.